The Morgan fingerprint density at radius 1 is 1.22 bits per heavy atom. The quantitative estimate of drug-likeness (QED) is 0.552. The van der Waals surface area contributed by atoms with Gasteiger partial charge in [-0.1, -0.05) is 58.0 Å². The third-order valence-electron chi connectivity index (χ3n) is 11.1. The number of rotatable bonds is 7. The van der Waals surface area contributed by atoms with E-state index in [9.17, 15) is 9.59 Å². The van der Waals surface area contributed by atoms with E-state index in [1.54, 1.807) is 4.90 Å². The Morgan fingerprint density at radius 3 is 2.59 bits per heavy atom. The van der Waals surface area contributed by atoms with Gasteiger partial charge in [-0.15, -0.1) is 0 Å². The zero-order valence-corrected chi connectivity index (χ0v) is 22.9. The lowest BCUT2D eigenvalue weighted by molar-refractivity contribution is -0.150. The fourth-order valence-corrected chi connectivity index (χ4v) is 8.46. The number of piperidine rings is 1. The molecule has 3 aliphatic carbocycles. The molecule has 2 heterocycles. The molecule has 5 aliphatic rings. The molecule has 2 amide bonds. The minimum atomic E-state index is -0.963. The van der Waals surface area contributed by atoms with Gasteiger partial charge in [0.05, 0.1) is 23.2 Å². The van der Waals surface area contributed by atoms with Crippen LogP contribution in [0.4, 0.5) is 0 Å². The average Bonchev–Trinajstić information content (AvgIpc) is 3.17. The van der Waals surface area contributed by atoms with E-state index in [1.165, 1.54) is 6.42 Å². The highest BCUT2D eigenvalue weighted by molar-refractivity contribution is 6.47. The summed E-state index contributed by atoms with van der Waals surface area (Å²) in [6.07, 6.45) is 4.44. The molecule has 4 unspecified atom stereocenters. The first kappa shape index (κ1) is 25.4. The average molecular weight is 507 g/mol. The standard InChI is InChI=1S/C29H42BN3O4/c1-6-23(30-36-22-16-20-19-15-21(27(19,20)4)28(22,5)37-30)32-25(34)24(18-11-8-7-9-12-18)33-14-10-13-29(31,17(2)3)26(33)35/h7-9,11-12,17,19-24H,6,10,13-16,31H2,1-5H3,(H,32,34)/t19?,20-,21+,22?,23+,24+,27?,28+,29?/m1/s1. The lowest BCUT2D eigenvalue weighted by Crippen LogP contribution is -2.64. The van der Waals surface area contributed by atoms with Gasteiger partial charge in [-0.2, -0.15) is 0 Å². The number of amides is 2. The fourth-order valence-electron chi connectivity index (χ4n) is 8.46. The molecule has 2 saturated heterocycles. The molecule has 37 heavy (non-hydrogen) atoms. The molecule has 200 valence electrons. The molecule has 5 fully saturated rings. The van der Waals surface area contributed by atoms with E-state index < -0.39 is 18.7 Å². The van der Waals surface area contributed by atoms with Crippen molar-refractivity contribution in [1.82, 2.24) is 10.2 Å². The van der Waals surface area contributed by atoms with Gasteiger partial charge in [0.15, 0.2) is 0 Å². The van der Waals surface area contributed by atoms with Gasteiger partial charge in [0.25, 0.3) is 0 Å². The van der Waals surface area contributed by atoms with E-state index >= 15 is 0 Å². The summed E-state index contributed by atoms with van der Waals surface area (Å²) in [5.41, 5.74) is 6.60. The minimum Gasteiger partial charge on any atom is -0.404 e. The fraction of sp³-hybridized carbons (Fsp3) is 0.724. The number of benzene rings is 1. The van der Waals surface area contributed by atoms with Crippen molar-refractivity contribution in [2.45, 2.75) is 95.9 Å². The Morgan fingerprint density at radius 2 is 1.92 bits per heavy atom. The first-order valence-corrected chi connectivity index (χ1v) is 14.3. The van der Waals surface area contributed by atoms with Gasteiger partial charge in [-0.05, 0) is 73.7 Å². The number of likely N-dealkylation sites (tertiary alicyclic amines) is 1. The van der Waals surface area contributed by atoms with Gasteiger partial charge in [0.1, 0.15) is 6.04 Å². The van der Waals surface area contributed by atoms with Crippen molar-refractivity contribution >= 4 is 18.9 Å². The summed E-state index contributed by atoms with van der Waals surface area (Å²) in [7, 11) is -0.484. The van der Waals surface area contributed by atoms with Gasteiger partial charge < -0.3 is 25.3 Å². The molecule has 8 heteroatoms. The van der Waals surface area contributed by atoms with Gasteiger partial charge in [0.2, 0.25) is 11.8 Å². The van der Waals surface area contributed by atoms with E-state index in [-0.39, 0.29) is 35.4 Å². The van der Waals surface area contributed by atoms with Crippen LogP contribution in [0.1, 0.15) is 78.3 Å². The molecule has 0 bridgehead atoms. The molecule has 1 aromatic carbocycles. The molecule has 0 radical (unpaired) electrons. The highest BCUT2D eigenvalue weighted by atomic mass is 16.7. The molecule has 9 atom stereocenters. The Bertz CT molecular complexity index is 1090. The van der Waals surface area contributed by atoms with Gasteiger partial charge in [-0.3, -0.25) is 9.59 Å². The minimum absolute atomic E-state index is 0.0192. The Balaban J connectivity index is 1.23. The maximum Gasteiger partial charge on any atom is 0.481 e. The highest BCUT2D eigenvalue weighted by Gasteiger charge is 2.81. The van der Waals surface area contributed by atoms with Crippen LogP contribution in [0.25, 0.3) is 0 Å². The van der Waals surface area contributed by atoms with Crippen LogP contribution in [0, 0.1) is 29.1 Å². The smallest absolute Gasteiger partial charge is 0.404 e. The highest BCUT2D eigenvalue weighted by Crippen LogP contribution is 2.82. The zero-order chi connectivity index (χ0) is 26.3. The monoisotopic (exact) mass is 507 g/mol. The predicted octanol–water partition coefficient (Wildman–Crippen LogP) is 3.48. The molecule has 1 aromatic rings. The van der Waals surface area contributed by atoms with Crippen molar-refractivity contribution in [3.8, 4) is 0 Å². The van der Waals surface area contributed by atoms with Crippen LogP contribution in [0.15, 0.2) is 30.3 Å². The van der Waals surface area contributed by atoms with Gasteiger partial charge in [0, 0.05) is 6.54 Å². The van der Waals surface area contributed by atoms with Crippen molar-refractivity contribution in [3.05, 3.63) is 35.9 Å². The molecule has 7 nitrogen and oxygen atoms in total. The summed E-state index contributed by atoms with van der Waals surface area (Å²) in [6, 6.07) is 8.82. The van der Waals surface area contributed by atoms with Crippen molar-refractivity contribution in [1.29, 1.82) is 0 Å². The summed E-state index contributed by atoms with van der Waals surface area (Å²) in [4.78, 5) is 29.4. The maximum atomic E-state index is 14.0. The molecule has 3 N–H and O–H groups in total. The lowest BCUT2D eigenvalue weighted by atomic mass is 9.61. The molecule has 0 spiro atoms. The van der Waals surface area contributed by atoms with Crippen LogP contribution < -0.4 is 11.1 Å². The molecule has 3 saturated carbocycles. The van der Waals surface area contributed by atoms with Gasteiger partial charge in [-0.25, -0.2) is 0 Å². The number of fused-ring (bicyclic) bond motifs is 3. The number of carbonyl (C=O) groups is 2. The largest absolute Gasteiger partial charge is 0.481 e. The normalized spacial score (nSPS) is 41.5. The number of hydrogen-bond acceptors (Lipinski definition) is 5. The lowest BCUT2D eigenvalue weighted by Gasteiger charge is -2.49. The Labute approximate surface area is 221 Å². The SMILES string of the molecule is CC[C@H](NC(=O)[C@H](c1ccccc1)N1CCCC(N)(C(C)C)C1=O)B1OC2C[C@@H]3C4C[C@@H](C43C)[C@]2(C)O1. The zero-order valence-electron chi connectivity index (χ0n) is 22.9. The topological polar surface area (TPSA) is 93.9 Å². The summed E-state index contributed by atoms with van der Waals surface area (Å²) < 4.78 is 13.2. The molecular weight excluding hydrogens is 465 g/mol. The Hall–Kier alpha value is -1.90. The van der Waals surface area contributed by atoms with E-state index in [0.717, 1.165) is 30.2 Å². The first-order chi connectivity index (χ1) is 17.6. The number of nitrogens with two attached hydrogens (primary N) is 1. The number of nitrogens with one attached hydrogen (secondary N) is 1. The van der Waals surface area contributed by atoms with Crippen molar-refractivity contribution in [3.63, 3.8) is 0 Å². The van der Waals surface area contributed by atoms with E-state index in [1.807, 2.05) is 51.1 Å². The van der Waals surface area contributed by atoms with Crippen molar-refractivity contribution < 1.29 is 18.9 Å². The molecule has 2 aliphatic heterocycles. The second kappa shape index (κ2) is 8.55. The van der Waals surface area contributed by atoms with Crippen LogP contribution in [0.5, 0.6) is 0 Å². The number of carbonyl (C=O) groups excluding carboxylic acids is 2. The van der Waals surface area contributed by atoms with E-state index in [0.29, 0.717) is 30.7 Å². The Kier molecular flexibility index (Phi) is 5.87. The van der Waals surface area contributed by atoms with Crippen molar-refractivity contribution in [2.75, 3.05) is 6.54 Å². The molecule has 0 aromatic heterocycles. The maximum absolute atomic E-state index is 14.0. The second-order valence-electron chi connectivity index (χ2n) is 13.0. The van der Waals surface area contributed by atoms with Crippen LogP contribution in [-0.2, 0) is 18.9 Å². The summed E-state index contributed by atoms with van der Waals surface area (Å²) in [5, 5.41) is 3.24. The number of nitrogens with zero attached hydrogens (tertiary/aromatic N) is 1. The van der Waals surface area contributed by atoms with Crippen LogP contribution in [-0.4, -0.2) is 53.6 Å². The molecule has 6 rings (SSSR count). The summed E-state index contributed by atoms with van der Waals surface area (Å²) >= 11 is 0. The molecular formula is C29H42BN3O4. The summed E-state index contributed by atoms with van der Waals surface area (Å²) in [5.74, 6) is 1.47. The summed E-state index contributed by atoms with van der Waals surface area (Å²) in [6.45, 7) is 11.2. The van der Waals surface area contributed by atoms with Gasteiger partial charge >= 0.3 is 7.12 Å². The van der Waals surface area contributed by atoms with Crippen LogP contribution in [0.2, 0.25) is 0 Å². The third-order valence-corrected chi connectivity index (χ3v) is 11.1. The third kappa shape index (κ3) is 3.51. The predicted molar refractivity (Wildman–Crippen MR) is 142 cm³/mol. The first-order valence-electron chi connectivity index (χ1n) is 14.3. The van der Waals surface area contributed by atoms with E-state index in [4.69, 9.17) is 15.0 Å². The van der Waals surface area contributed by atoms with Crippen LogP contribution >= 0.6 is 0 Å². The van der Waals surface area contributed by atoms with E-state index in [2.05, 4.69) is 19.2 Å². The van der Waals surface area contributed by atoms with Crippen LogP contribution in [0.3, 0.4) is 0 Å². The number of hydrogen-bond donors (Lipinski definition) is 2. The second-order valence-corrected chi connectivity index (χ2v) is 13.0. The van der Waals surface area contributed by atoms with Crippen molar-refractivity contribution in [2.24, 2.45) is 34.8 Å².